The van der Waals surface area contributed by atoms with Crippen LogP contribution in [-0.2, 0) is 11.2 Å². The van der Waals surface area contributed by atoms with E-state index in [1.54, 1.807) is 11.3 Å². The third kappa shape index (κ3) is 4.34. The largest absolute Gasteiger partial charge is 0.355 e. The highest BCUT2D eigenvalue weighted by Crippen LogP contribution is 2.11. The Bertz CT molecular complexity index is 298. The number of hydrogen-bond acceptors (Lipinski definition) is 2. The van der Waals surface area contributed by atoms with Crippen molar-refractivity contribution in [2.45, 2.75) is 25.1 Å². The predicted molar refractivity (Wildman–Crippen MR) is 68.6 cm³/mol. The molecule has 0 radical (unpaired) electrons. The molecule has 1 amide bonds. The zero-order chi connectivity index (χ0) is 11.3. The number of carbonyl (C=O) groups excluding carboxylic acids is 1. The smallest absolute Gasteiger partial charge is 0.234 e. The third-order valence-electron chi connectivity index (χ3n) is 2.13. The number of carbonyl (C=O) groups is 1. The van der Waals surface area contributed by atoms with Gasteiger partial charge in [0.15, 0.2) is 0 Å². The topological polar surface area (TPSA) is 29.1 Å². The molecule has 84 valence electrons. The molecule has 1 N–H and O–H groups in total. The summed E-state index contributed by atoms with van der Waals surface area (Å²) in [6.07, 6.45) is 0.910. The quantitative estimate of drug-likeness (QED) is 0.830. The number of halogens is 1. The van der Waals surface area contributed by atoms with Crippen LogP contribution >= 0.6 is 27.3 Å². The summed E-state index contributed by atoms with van der Waals surface area (Å²) in [7, 11) is 0. The van der Waals surface area contributed by atoms with Crippen LogP contribution in [0.15, 0.2) is 16.8 Å². The molecule has 4 heteroatoms. The van der Waals surface area contributed by atoms with Gasteiger partial charge in [-0.2, -0.15) is 11.3 Å². The van der Waals surface area contributed by atoms with Crippen molar-refractivity contribution in [1.82, 2.24) is 5.32 Å². The molecule has 0 fully saturated rings. The van der Waals surface area contributed by atoms with Gasteiger partial charge in [0.05, 0.1) is 4.83 Å². The SMILES string of the molecule is CC(C)C(Br)C(=O)NCCc1ccsc1. The Balaban J connectivity index is 2.23. The molecule has 1 unspecified atom stereocenters. The van der Waals surface area contributed by atoms with Crippen LogP contribution in [0.4, 0.5) is 0 Å². The van der Waals surface area contributed by atoms with Gasteiger partial charge in [-0.25, -0.2) is 0 Å². The summed E-state index contributed by atoms with van der Waals surface area (Å²) in [5.74, 6) is 0.409. The molecule has 0 aliphatic rings. The maximum absolute atomic E-state index is 11.6. The van der Waals surface area contributed by atoms with Crippen LogP contribution in [0.1, 0.15) is 19.4 Å². The predicted octanol–water partition coefficient (Wildman–Crippen LogP) is 2.83. The maximum atomic E-state index is 11.6. The van der Waals surface area contributed by atoms with E-state index in [2.05, 4.69) is 38.1 Å². The molecule has 1 rings (SSSR count). The molecule has 0 aliphatic carbocycles. The van der Waals surface area contributed by atoms with Gasteiger partial charge in [0, 0.05) is 6.54 Å². The lowest BCUT2D eigenvalue weighted by Gasteiger charge is -2.13. The van der Waals surface area contributed by atoms with Gasteiger partial charge in [0.2, 0.25) is 5.91 Å². The van der Waals surface area contributed by atoms with E-state index in [1.165, 1.54) is 5.56 Å². The standard InChI is InChI=1S/C11H16BrNOS/c1-8(2)10(12)11(14)13-5-3-9-4-6-15-7-9/h4,6-8,10H,3,5H2,1-2H3,(H,13,14). The Hall–Kier alpha value is -0.350. The van der Waals surface area contributed by atoms with Crippen LogP contribution in [0.2, 0.25) is 0 Å². The highest BCUT2D eigenvalue weighted by Gasteiger charge is 2.17. The van der Waals surface area contributed by atoms with Crippen molar-refractivity contribution in [2.24, 2.45) is 5.92 Å². The molecule has 2 nitrogen and oxygen atoms in total. The molecule has 0 bridgehead atoms. The summed E-state index contributed by atoms with van der Waals surface area (Å²) in [4.78, 5) is 11.5. The molecule has 0 aliphatic heterocycles. The van der Waals surface area contributed by atoms with Crippen molar-refractivity contribution < 1.29 is 4.79 Å². The van der Waals surface area contributed by atoms with Crippen LogP contribution in [0.5, 0.6) is 0 Å². The maximum Gasteiger partial charge on any atom is 0.234 e. The summed E-state index contributed by atoms with van der Waals surface area (Å²) in [6.45, 7) is 4.76. The normalized spacial score (nSPS) is 12.8. The fourth-order valence-electron chi connectivity index (χ4n) is 1.17. The molecule has 1 atom stereocenters. The molecule has 0 spiro atoms. The van der Waals surface area contributed by atoms with Crippen molar-refractivity contribution in [3.63, 3.8) is 0 Å². The van der Waals surface area contributed by atoms with Crippen molar-refractivity contribution in [3.05, 3.63) is 22.4 Å². The van der Waals surface area contributed by atoms with Gasteiger partial charge < -0.3 is 5.32 Å². The summed E-state index contributed by atoms with van der Waals surface area (Å²) >= 11 is 5.06. The summed E-state index contributed by atoms with van der Waals surface area (Å²) < 4.78 is 0. The molecular weight excluding hydrogens is 274 g/mol. The van der Waals surface area contributed by atoms with Gasteiger partial charge in [-0.15, -0.1) is 0 Å². The molecule has 0 saturated heterocycles. The van der Waals surface area contributed by atoms with Gasteiger partial charge >= 0.3 is 0 Å². The van der Waals surface area contributed by atoms with Crippen LogP contribution < -0.4 is 5.32 Å². The number of thiophene rings is 1. The lowest BCUT2D eigenvalue weighted by atomic mass is 10.1. The van der Waals surface area contributed by atoms with Gasteiger partial charge in [-0.1, -0.05) is 29.8 Å². The van der Waals surface area contributed by atoms with Gasteiger partial charge in [0.1, 0.15) is 0 Å². The molecule has 0 aromatic carbocycles. The lowest BCUT2D eigenvalue weighted by Crippen LogP contribution is -2.35. The number of alkyl halides is 1. The highest BCUT2D eigenvalue weighted by atomic mass is 79.9. The minimum absolute atomic E-state index is 0.0834. The van der Waals surface area contributed by atoms with E-state index < -0.39 is 0 Å². The Kier molecular flexibility index (Phi) is 5.32. The fraction of sp³-hybridized carbons (Fsp3) is 0.545. The second-order valence-electron chi connectivity index (χ2n) is 3.82. The van der Waals surface area contributed by atoms with E-state index in [4.69, 9.17) is 0 Å². The molecule has 0 saturated carbocycles. The zero-order valence-electron chi connectivity index (χ0n) is 9.00. The summed E-state index contributed by atoms with van der Waals surface area (Å²) in [5, 5.41) is 7.09. The van der Waals surface area contributed by atoms with E-state index >= 15 is 0 Å². The number of nitrogens with one attached hydrogen (secondary N) is 1. The minimum Gasteiger partial charge on any atom is -0.355 e. The number of rotatable bonds is 5. The van der Waals surface area contributed by atoms with Crippen molar-refractivity contribution in [3.8, 4) is 0 Å². The molecular formula is C11H16BrNOS. The first-order valence-electron chi connectivity index (χ1n) is 5.04. The molecule has 1 heterocycles. The van der Waals surface area contributed by atoms with Crippen LogP contribution in [0.3, 0.4) is 0 Å². The fourth-order valence-corrected chi connectivity index (χ4v) is 2.03. The first kappa shape index (κ1) is 12.7. The second kappa shape index (κ2) is 6.28. The average molecular weight is 290 g/mol. The zero-order valence-corrected chi connectivity index (χ0v) is 11.4. The monoisotopic (exact) mass is 289 g/mol. The Morgan fingerprint density at radius 1 is 1.60 bits per heavy atom. The lowest BCUT2D eigenvalue weighted by molar-refractivity contribution is -0.121. The van der Waals surface area contributed by atoms with E-state index in [1.807, 2.05) is 13.8 Å². The van der Waals surface area contributed by atoms with E-state index in [0.29, 0.717) is 12.5 Å². The highest BCUT2D eigenvalue weighted by molar-refractivity contribution is 9.10. The average Bonchev–Trinajstić information content (AvgIpc) is 2.69. The summed E-state index contributed by atoms with van der Waals surface area (Å²) in [5.41, 5.74) is 1.29. The number of hydrogen-bond donors (Lipinski definition) is 1. The Morgan fingerprint density at radius 3 is 2.87 bits per heavy atom. The minimum atomic E-state index is -0.0834. The van der Waals surface area contributed by atoms with Crippen molar-refractivity contribution >= 4 is 33.2 Å². The molecule has 1 aromatic rings. The van der Waals surface area contributed by atoms with E-state index in [9.17, 15) is 4.79 Å². The number of amides is 1. The second-order valence-corrected chi connectivity index (χ2v) is 5.58. The third-order valence-corrected chi connectivity index (χ3v) is 4.33. The Labute approximate surface area is 103 Å². The van der Waals surface area contributed by atoms with Crippen LogP contribution in [0.25, 0.3) is 0 Å². The van der Waals surface area contributed by atoms with Crippen molar-refractivity contribution in [1.29, 1.82) is 0 Å². The first-order valence-corrected chi connectivity index (χ1v) is 6.90. The molecule has 1 aromatic heterocycles. The van der Waals surface area contributed by atoms with Crippen molar-refractivity contribution in [2.75, 3.05) is 6.54 Å². The van der Waals surface area contributed by atoms with Crippen LogP contribution in [0, 0.1) is 5.92 Å². The van der Waals surface area contributed by atoms with Crippen LogP contribution in [-0.4, -0.2) is 17.3 Å². The summed E-state index contributed by atoms with van der Waals surface area (Å²) in [6, 6.07) is 2.09. The Morgan fingerprint density at radius 2 is 2.33 bits per heavy atom. The van der Waals surface area contributed by atoms with Gasteiger partial charge in [-0.05, 0) is 34.7 Å². The van der Waals surface area contributed by atoms with Gasteiger partial charge in [0.25, 0.3) is 0 Å². The van der Waals surface area contributed by atoms with Gasteiger partial charge in [-0.3, -0.25) is 4.79 Å². The van der Waals surface area contributed by atoms with E-state index in [0.717, 1.165) is 6.42 Å². The molecule has 15 heavy (non-hydrogen) atoms. The first-order chi connectivity index (χ1) is 7.11. The van der Waals surface area contributed by atoms with E-state index in [-0.39, 0.29) is 10.7 Å².